The number of benzene rings is 2. The summed E-state index contributed by atoms with van der Waals surface area (Å²) in [5, 5.41) is 11.1. The monoisotopic (exact) mass is 464 g/mol. The molecule has 1 aromatic heterocycles. The topological polar surface area (TPSA) is 88.7 Å². The van der Waals surface area contributed by atoms with Gasteiger partial charge in [-0.2, -0.15) is 0 Å². The maximum absolute atomic E-state index is 14.0. The summed E-state index contributed by atoms with van der Waals surface area (Å²) in [6, 6.07) is 14.6. The molecule has 0 unspecified atom stereocenters. The second-order valence-corrected chi connectivity index (χ2v) is 8.51. The summed E-state index contributed by atoms with van der Waals surface area (Å²) < 4.78 is 16.1. The van der Waals surface area contributed by atoms with Crippen LogP contribution >= 0.6 is 0 Å². The van der Waals surface area contributed by atoms with Crippen molar-refractivity contribution in [2.24, 2.45) is 0 Å². The van der Waals surface area contributed by atoms with Crippen LogP contribution in [0.4, 0.5) is 10.1 Å². The van der Waals surface area contributed by atoms with Gasteiger partial charge in [-0.05, 0) is 49.7 Å². The van der Waals surface area contributed by atoms with Crippen LogP contribution in [0.15, 0.2) is 66.9 Å². The maximum atomic E-state index is 14.0. The van der Waals surface area contributed by atoms with Crippen molar-refractivity contribution in [1.82, 2.24) is 14.4 Å². The molecule has 0 spiro atoms. The van der Waals surface area contributed by atoms with E-state index in [4.69, 9.17) is 0 Å². The number of non-ortho nitro benzene ring substituents is 1. The van der Waals surface area contributed by atoms with Gasteiger partial charge in [0.15, 0.2) is 0 Å². The fraction of sp³-hybridized carbons (Fsp3) is 0.280. The van der Waals surface area contributed by atoms with Gasteiger partial charge >= 0.3 is 0 Å². The Balaban J connectivity index is 1.63. The molecule has 2 heterocycles. The molecule has 9 heteroatoms. The summed E-state index contributed by atoms with van der Waals surface area (Å²) in [6.45, 7) is 4.35. The number of carbonyl (C=O) groups is 2. The Morgan fingerprint density at radius 1 is 1.12 bits per heavy atom. The highest BCUT2D eigenvalue weighted by atomic mass is 19.1. The third-order valence-electron chi connectivity index (χ3n) is 6.02. The van der Waals surface area contributed by atoms with E-state index in [1.54, 1.807) is 30.9 Å². The maximum Gasteiger partial charge on any atom is 0.270 e. The van der Waals surface area contributed by atoms with Gasteiger partial charge in [0.25, 0.3) is 11.6 Å². The molecule has 176 valence electrons. The molecule has 1 aliphatic heterocycles. The Morgan fingerprint density at radius 2 is 1.88 bits per heavy atom. The largest absolute Gasteiger partial charge is 0.348 e. The van der Waals surface area contributed by atoms with Crippen LogP contribution in [0.3, 0.4) is 0 Å². The number of rotatable bonds is 6. The van der Waals surface area contributed by atoms with Crippen molar-refractivity contribution in [3.8, 4) is 0 Å². The highest BCUT2D eigenvalue weighted by Crippen LogP contribution is 2.33. The number of nitro benzene ring substituents is 1. The molecule has 1 atom stereocenters. The number of aromatic nitrogens is 1. The van der Waals surface area contributed by atoms with Crippen molar-refractivity contribution in [2.45, 2.75) is 32.5 Å². The number of carbonyl (C=O) groups excluding carboxylic acids is 2. The van der Waals surface area contributed by atoms with Gasteiger partial charge in [0.1, 0.15) is 12.4 Å². The van der Waals surface area contributed by atoms with Crippen LogP contribution in [0.2, 0.25) is 0 Å². The number of amides is 2. The first-order valence-corrected chi connectivity index (χ1v) is 11.0. The van der Waals surface area contributed by atoms with E-state index in [0.717, 1.165) is 5.69 Å². The zero-order valence-electron chi connectivity index (χ0n) is 18.9. The van der Waals surface area contributed by atoms with Gasteiger partial charge < -0.3 is 14.4 Å². The quantitative estimate of drug-likeness (QED) is 0.407. The van der Waals surface area contributed by atoms with E-state index in [1.165, 1.54) is 41.3 Å². The molecule has 3 aromatic rings. The molecule has 2 amide bonds. The van der Waals surface area contributed by atoms with Gasteiger partial charge in [-0.3, -0.25) is 19.7 Å². The summed E-state index contributed by atoms with van der Waals surface area (Å²) in [6.07, 6.45) is 1.93. The van der Waals surface area contributed by atoms with Gasteiger partial charge in [0, 0.05) is 48.7 Å². The molecule has 8 nitrogen and oxygen atoms in total. The third kappa shape index (κ3) is 4.54. The van der Waals surface area contributed by atoms with Crippen LogP contribution in [-0.2, 0) is 11.3 Å². The molecule has 0 fully saturated rings. The molecule has 0 radical (unpaired) electrons. The number of nitrogens with zero attached hydrogens (tertiary/aromatic N) is 4. The van der Waals surface area contributed by atoms with E-state index in [-0.39, 0.29) is 29.7 Å². The van der Waals surface area contributed by atoms with E-state index >= 15 is 0 Å². The second-order valence-electron chi connectivity index (χ2n) is 8.51. The molecule has 0 saturated carbocycles. The smallest absolute Gasteiger partial charge is 0.270 e. The lowest BCUT2D eigenvalue weighted by molar-refractivity contribution is -0.384. The molecular weight excluding hydrogens is 439 g/mol. The Hall–Kier alpha value is -4.01. The normalized spacial score (nSPS) is 15.2. The summed E-state index contributed by atoms with van der Waals surface area (Å²) in [4.78, 5) is 40.4. The number of hydrogen-bond donors (Lipinski definition) is 0. The van der Waals surface area contributed by atoms with Crippen LogP contribution in [0.25, 0.3) is 0 Å². The minimum Gasteiger partial charge on any atom is -0.348 e. The fourth-order valence-corrected chi connectivity index (χ4v) is 4.32. The molecule has 1 aliphatic rings. The van der Waals surface area contributed by atoms with Gasteiger partial charge in [-0.25, -0.2) is 4.39 Å². The van der Waals surface area contributed by atoms with Crippen molar-refractivity contribution in [3.63, 3.8) is 0 Å². The zero-order chi connectivity index (χ0) is 24.4. The number of halogens is 1. The van der Waals surface area contributed by atoms with Gasteiger partial charge in [0.05, 0.1) is 11.0 Å². The van der Waals surface area contributed by atoms with Crippen molar-refractivity contribution in [2.75, 3.05) is 13.1 Å². The number of fused-ring (bicyclic) bond motifs is 1. The number of hydrogen-bond acceptors (Lipinski definition) is 4. The van der Waals surface area contributed by atoms with Crippen molar-refractivity contribution in [3.05, 3.63) is 99.6 Å². The SMILES string of the molecule is CC(C)N(CC(=O)N1CCn2cccc2[C@H]1c1cccc(F)c1)C(=O)c1cccc([N+](=O)[O-])c1. The van der Waals surface area contributed by atoms with Crippen LogP contribution in [0.5, 0.6) is 0 Å². The first-order valence-electron chi connectivity index (χ1n) is 11.0. The number of nitro groups is 1. The molecule has 0 N–H and O–H groups in total. The van der Waals surface area contributed by atoms with Crippen molar-refractivity contribution in [1.29, 1.82) is 0 Å². The van der Waals surface area contributed by atoms with Crippen LogP contribution in [-0.4, -0.2) is 50.2 Å². The molecule has 2 aromatic carbocycles. The van der Waals surface area contributed by atoms with E-state index in [9.17, 15) is 24.1 Å². The Labute approximate surface area is 196 Å². The highest BCUT2D eigenvalue weighted by molar-refractivity contribution is 5.97. The van der Waals surface area contributed by atoms with E-state index < -0.39 is 22.7 Å². The summed E-state index contributed by atoms with van der Waals surface area (Å²) in [5.74, 6) is -1.14. The predicted octanol–water partition coefficient (Wildman–Crippen LogP) is 4.02. The van der Waals surface area contributed by atoms with E-state index in [1.807, 2.05) is 22.9 Å². The lowest BCUT2D eigenvalue weighted by atomic mass is 9.99. The second kappa shape index (κ2) is 9.46. The molecule has 0 aliphatic carbocycles. The minimum atomic E-state index is -0.561. The summed E-state index contributed by atoms with van der Waals surface area (Å²) >= 11 is 0. The molecule has 0 saturated heterocycles. The Kier molecular flexibility index (Phi) is 6.45. The first-order chi connectivity index (χ1) is 16.3. The van der Waals surface area contributed by atoms with E-state index in [2.05, 4.69) is 0 Å². The minimum absolute atomic E-state index is 0.143. The van der Waals surface area contributed by atoms with Gasteiger partial charge in [0.2, 0.25) is 5.91 Å². The predicted molar refractivity (Wildman–Crippen MR) is 124 cm³/mol. The zero-order valence-corrected chi connectivity index (χ0v) is 18.9. The van der Waals surface area contributed by atoms with Gasteiger partial charge in [-0.15, -0.1) is 0 Å². The van der Waals surface area contributed by atoms with Crippen LogP contribution in [0, 0.1) is 15.9 Å². The lowest BCUT2D eigenvalue weighted by Gasteiger charge is -2.39. The highest BCUT2D eigenvalue weighted by Gasteiger charge is 2.34. The van der Waals surface area contributed by atoms with Gasteiger partial charge in [-0.1, -0.05) is 18.2 Å². The van der Waals surface area contributed by atoms with Crippen LogP contribution in [0.1, 0.15) is 41.5 Å². The Morgan fingerprint density at radius 3 is 2.59 bits per heavy atom. The molecule has 34 heavy (non-hydrogen) atoms. The van der Waals surface area contributed by atoms with Crippen molar-refractivity contribution >= 4 is 17.5 Å². The average molecular weight is 464 g/mol. The molecule has 0 bridgehead atoms. The average Bonchev–Trinajstić information content (AvgIpc) is 3.30. The van der Waals surface area contributed by atoms with E-state index in [0.29, 0.717) is 18.7 Å². The third-order valence-corrected chi connectivity index (χ3v) is 6.02. The summed E-state index contributed by atoms with van der Waals surface area (Å²) in [7, 11) is 0. The molecule has 4 rings (SSSR count). The standard InChI is InChI=1S/C25H25FN4O4/c1-17(2)29(25(32)19-7-4-9-21(15-19)30(33)34)16-23(31)28-13-12-27-11-5-10-22(27)24(28)18-6-3-8-20(26)14-18/h3-11,14-15,17,24H,12-13,16H2,1-2H3/t24-/m1/s1. The first kappa shape index (κ1) is 23.2. The molecular formula is C25H25FN4O4. The fourth-order valence-electron chi connectivity index (χ4n) is 4.32. The summed E-state index contributed by atoms with van der Waals surface area (Å²) in [5.41, 5.74) is 1.47. The Bertz CT molecular complexity index is 1240. The van der Waals surface area contributed by atoms with Crippen LogP contribution < -0.4 is 0 Å². The lowest BCUT2D eigenvalue weighted by Crippen LogP contribution is -2.49. The van der Waals surface area contributed by atoms with Crippen molar-refractivity contribution < 1.29 is 18.9 Å².